The Labute approximate surface area is 95.2 Å². The lowest BCUT2D eigenvalue weighted by molar-refractivity contribution is 0.123. The lowest BCUT2D eigenvalue weighted by Crippen LogP contribution is -2.03. The minimum Gasteiger partial charge on any atom is -0.493 e. The average Bonchev–Trinajstić information content (AvgIpc) is 3.11. The zero-order valence-electron chi connectivity index (χ0n) is 9.44. The van der Waals surface area contributed by atoms with Crippen LogP contribution in [0, 0.1) is 5.92 Å². The third-order valence-corrected chi connectivity index (χ3v) is 2.65. The summed E-state index contributed by atoms with van der Waals surface area (Å²) in [4.78, 5) is 4.60. The van der Waals surface area contributed by atoms with Crippen LogP contribution >= 0.6 is 0 Å². The minimum atomic E-state index is 0.379. The predicted molar refractivity (Wildman–Crippen MR) is 60.2 cm³/mol. The molecule has 1 aliphatic carbocycles. The van der Waals surface area contributed by atoms with Crippen molar-refractivity contribution in [3.63, 3.8) is 0 Å². The molecular weight excluding hydrogens is 206 g/mol. The Morgan fingerprint density at radius 3 is 2.75 bits per heavy atom. The van der Waals surface area contributed by atoms with E-state index in [0.29, 0.717) is 6.61 Å². The second-order valence-electron chi connectivity index (χ2n) is 4.05. The van der Waals surface area contributed by atoms with Crippen LogP contribution in [0.3, 0.4) is 0 Å². The fourth-order valence-corrected chi connectivity index (χ4v) is 1.51. The van der Waals surface area contributed by atoms with E-state index in [1.807, 2.05) is 18.2 Å². The summed E-state index contributed by atoms with van der Waals surface area (Å²) in [6, 6.07) is 5.69. The second kappa shape index (κ2) is 5.18. The number of methoxy groups -OCH3 is 1. The van der Waals surface area contributed by atoms with E-state index >= 15 is 0 Å². The summed E-state index contributed by atoms with van der Waals surface area (Å²) in [5.74, 6) is 7.28. The van der Waals surface area contributed by atoms with Gasteiger partial charge in [-0.15, -0.1) is 0 Å². The summed E-state index contributed by atoms with van der Waals surface area (Å²) in [6.07, 6.45) is 2.54. The fourth-order valence-electron chi connectivity index (χ4n) is 1.51. The normalized spacial score (nSPS) is 14.9. The Morgan fingerprint density at radius 2 is 2.12 bits per heavy atom. The molecule has 0 saturated heterocycles. The van der Waals surface area contributed by atoms with Crippen molar-refractivity contribution < 1.29 is 14.3 Å². The molecule has 2 N–H and O–H groups in total. The molecule has 16 heavy (non-hydrogen) atoms. The van der Waals surface area contributed by atoms with Gasteiger partial charge in [-0.25, -0.2) is 5.90 Å². The molecule has 0 heterocycles. The molecule has 0 atom stereocenters. The highest BCUT2D eigenvalue weighted by Gasteiger charge is 2.22. The Kier molecular flexibility index (Phi) is 3.64. The maximum absolute atomic E-state index is 5.72. The molecule has 0 amide bonds. The van der Waals surface area contributed by atoms with Gasteiger partial charge >= 0.3 is 0 Å². The smallest absolute Gasteiger partial charge is 0.161 e. The maximum Gasteiger partial charge on any atom is 0.161 e. The summed E-state index contributed by atoms with van der Waals surface area (Å²) < 4.78 is 11.0. The maximum atomic E-state index is 5.72. The van der Waals surface area contributed by atoms with Crippen molar-refractivity contribution in [2.24, 2.45) is 11.8 Å². The van der Waals surface area contributed by atoms with Crippen molar-refractivity contribution in [1.29, 1.82) is 0 Å². The van der Waals surface area contributed by atoms with E-state index in [-0.39, 0.29) is 0 Å². The van der Waals surface area contributed by atoms with E-state index in [1.54, 1.807) is 7.11 Å². The zero-order chi connectivity index (χ0) is 11.4. The molecule has 1 aromatic carbocycles. The first-order chi connectivity index (χ1) is 7.83. The molecule has 0 bridgehead atoms. The lowest BCUT2D eigenvalue weighted by Gasteiger charge is -2.11. The van der Waals surface area contributed by atoms with Crippen LogP contribution < -0.4 is 15.4 Å². The van der Waals surface area contributed by atoms with Crippen LogP contribution in [-0.2, 0) is 11.4 Å². The van der Waals surface area contributed by atoms with E-state index in [0.717, 1.165) is 29.6 Å². The molecule has 0 aliphatic heterocycles. The predicted octanol–water partition coefficient (Wildman–Crippen LogP) is 1.87. The van der Waals surface area contributed by atoms with Gasteiger partial charge < -0.3 is 9.47 Å². The minimum absolute atomic E-state index is 0.379. The number of rotatable bonds is 6. The van der Waals surface area contributed by atoms with Gasteiger partial charge in [-0.3, -0.25) is 4.84 Å². The number of benzene rings is 1. The van der Waals surface area contributed by atoms with Gasteiger partial charge in [0.1, 0.15) is 0 Å². The van der Waals surface area contributed by atoms with Gasteiger partial charge in [-0.2, -0.15) is 0 Å². The molecule has 4 heteroatoms. The Morgan fingerprint density at radius 1 is 1.31 bits per heavy atom. The molecule has 0 unspecified atom stereocenters. The Bertz CT molecular complexity index is 350. The Hall–Kier alpha value is -1.26. The van der Waals surface area contributed by atoms with Gasteiger partial charge in [0.15, 0.2) is 11.5 Å². The van der Waals surface area contributed by atoms with Crippen LogP contribution in [0.25, 0.3) is 0 Å². The molecule has 0 spiro atoms. The van der Waals surface area contributed by atoms with E-state index in [1.165, 1.54) is 12.8 Å². The van der Waals surface area contributed by atoms with Crippen LogP contribution in [0.5, 0.6) is 11.5 Å². The molecule has 1 aliphatic rings. The Balaban J connectivity index is 2.06. The topological polar surface area (TPSA) is 53.7 Å². The van der Waals surface area contributed by atoms with Crippen LogP contribution in [0.2, 0.25) is 0 Å². The van der Waals surface area contributed by atoms with Crippen molar-refractivity contribution in [3.8, 4) is 11.5 Å². The second-order valence-corrected chi connectivity index (χ2v) is 4.05. The summed E-state index contributed by atoms with van der Waals surface area (Å²) in [5.41, 5.74) is 0.981. The molecule has 1 saturated carbocycles. The monoisotopic (exact) mass is 223 g/mol. The van der Waals surface area contributed by atoms with E-state index < -0.39 is 0 Å². The largest absolute Gasteiger partial charge is 0.493 e. The lowest BCUT2D eigenvalue weighted by atomic mass is 10.2. The van der Waals surface area contributed by atoms with Gasteiger partial charge in [0.05, 0.1) is 20.3 Å². The van der Waals surface area contributed by atoms with Crippen LogP contribution in [-0.4, -0.2) is 13.7 Å². The van der Waals surface area contributed by atoms with Crippen molar-refractivity contribution in [3.05, 3.63) is 23.8 Å². The average molecular weight is 223 g/mol. The third-order valence-electron chi connectivity index (χ3n) is 2.65. The molecule has 88 valence electrons. The summed E-state index contributed by atoms with van der Waals surface area (Å²) in [7, 11) is 1.64. The number of ether oxygens (including phenoxy) is 2. The van der Waals surface area contributed by atoms with Crippen LogP contribution in [0.1, 0.15) is 18.4 Å². The van der Waals surface area contributed by atoms with Gasteiger partial charge in [-0.05, 0) is 36.5 Å². The van der Waals surface area contributed by atoms with Crippen molar-refractivity contribution >= 4 is 0 Å². The van der Waals surface area contributed by atoms with Crippen molar-refractivity contribution in [2.45, 2.75) is 19.4 Å². The van der Waals surface area contributed by atoms with Gasteiger partial charge in [0.2, 0.25) is 0 Å². The molecule has 2 rings (SSSR count). The quantitative estimate of drug-likeness (QED) is 0.748. The standard InChI is InChI=1S/C12H17NO3/c1-14-11-5-4-10(8-16-13)6-12(11)15-7-9-2-3-9/h4-6,9H,2-3,7-8,13H2,1H3. The zero-order valence-corrected chi connectivity index (χ0v) is 9.44. The first kappa shape index (κ1) is 11.2. The molecule has 0 aromatic heterocycles. The molecular formula is C12H17NO3. The number of hydrogen-bond acceptors (Lipinski definition) is 4. The third kappa shape index (κ3) is 2.87. The number of nitrogens with two attached hydrogens (primary N) is 1. The molecule has 4 nitrogen and oxygen atoms in total. The summed E-state index contributed by atoms with van der Waals surface area (Å²) in [6.45, 7) is 1.15. The summed E-state index contributed by atoms with van der Waals surface area (Å²) in [5, 5.41) is 0. The van der Waals surface area contributed by atoms with E-state index in [2.05, 4.69) is 4.84 Å². The van der Waals surface area contributed by atoms with Gasteiger partial charge in [0, 0.05) is 0 Å². The van der Waals surface area contributed by atoms with Crippen molar-refractivity contribution in [2.75, 3.05) is 13.7 Å². The van der Waals surface area contributed by atoms with Crippen LogP contribution in [0.4, 0.5) is 0 Å². The van der Waals surface area contributed by atoms with Gasteiger partial charge in [-0.1, -0.05) is 6.07 Å². The fraction of sp³-hybridized carbons (Fsp3) is 0.500. The molecule has 0 radical (unpaired) electrons. The van der Waals surface area contributed by atoms with E-state index in [4.69, 9.17) is 15.4 Å². The first-order valence-electron chi connectivity index (χ1n) is 5.45. The number of hydrogen-bond donors (Lipinski definition) is 1. The summed E-state index contributed by atoms with van der Waals surface area (Å²) >= 11 is 0. The van der Waals surface area contributed by atoms with E-state index in [9.17, 15) is 0 Å². The highest BCUT2D eigenvalue weighted by molar-refractivity contribution is 5.42. The SMILES string of the molecule is COc1ccc(CON)cc1OCC1CC1. The highest BCUT2D eigenvalue weighted by atomic mass is 16.6. The van der Waals surface area contributed by atoms with Crippen LogP contribution in [0.15, 0.2) is 18.2 Å². The van der Waals surface area contributed by atoms with Crippen molar-refractivity contribution in [1.82, 2.24) is 0 Å². The highest BCUT2D eigenvalue weighted by Crippen LogP contribution is 2.33. The first-order valence-corrected chi connectivity index (χ1v) is 5.45. The molecule has 1 aromatic rings. The van der Waals surface area contributed by atoms with Gasteiger partial charge in [0.25, 0.3) is 0 Å². The molecule has 1 fully saturated rings.